The SMILES string of the molecule is CCCCCCCCc1c(C)c(CCCCCCCC)c(C)c([P+](O)(O)O)c1C. The molecule has 3 nitrogen and oxygen atoms in total. The van der Waals surface area contributed by atoms with E-state index in [1.807, 2.05) is 13.8 Å². The van der Waals surface area contributed by atoms with E-state index in [1.54, 1.807) is 0 Å². The minimum atomic E-state index is -4.02. The van der Waals surface area contributed by atoms with Crippen LogP contribution >= 0.6 is 7.94 Å². The lowest BCUT2D eigenvalue weighted by Crippen LogP contribution is -2.22. The Hall–Kier alpha value is -0.470. The molecule has 0 atom stereocenters. The number of hydrogen-bond acceptors (Lipinski definition) is 3. The van der Waals surface area contributed by atoms with Crippen molar-refractivity contribution in [3.63, 3.8) is 0 Å². The van der Waals surface area contributed by atoms with E-state index in [0.29, 0.717) is 5.30 Å². The Morgan fingerprint density at radius 1 is 0.517 bits per heavy atom. The van der Waals surface area contributed by atoms with Crippen LogP contribution in [0.2, 0.25) is 0 Å². The molecule has 0 saturated heterocycles. The van der Waals surface area contributed by atoms with Gasteiger partial charge in [0, 0.05) is 11.1 Å². The maximum Gasteiger partial charge on any atom is 0.441 e. The second-order valence-electron chi connectivity index (χ2n) is 8.78. The second-order valence-corrected chi connectivity index (χ2v) is 10.4. The molecule has 4 heteroatoms. The first kappa shape index (κ1) is 26.6. The van der Waals surface area contributed by atoms with Crippen LogP contribution in [0.5, 0.6) is 0 Å². The first-order valence-corrected chi connectivity index (χ1v) is 13.6. The third-order valence-corrected chi connectivity index (χ3v) is 7.65. The van der Waals surface area contributed by atoms with Crippen molar-refractivity contribution in [1.29, 1.82) is 0 Å². The van der Waals surface area contributed by atoms with Gasteiger partial charge in [-0.25, -0.2) is 0 Å². The summed E-state index contributed by atoms with van der Waals surface area (Å²) in [5.41, 5.74) is 5.54. The van der Waals surface area contributed by atoms with Gasteiger partial charge in [0.25, 0.3) is 0 Å². The molecule has 0 spiro atoms. The fourth-order valence-electron chi connectivity index (χ4n) is 4.68. The van der Waals surface area contributed by atoms with Crippen LogP contribution in [-0.4, -0.2) is 14.7 Å². The molecule has 0 radical (unpaired) electrons. The predicted molar refractivity (Wildman–Crippen MR) is 128 cm³/mol. The first-order chi connectivity index (χ1) is 13.8. The van der Waals surface area contributed by atoms with Crippen LogP contribution in [0.1, 0.15) is 119 Å². The fourth-order valence-corrected chi connectivity index (χ4v) is 5.85. The topological polar surface area (TPSA) is 60.7 Å². The zero-order valence-electron chi connectivity index (χ0n) is 19.7. The molecule has 1 rings (SSSR count). The second kappa shape index (κ2) is 13.8. The van der Waals surface area contributed by atoms with E-state index in [9.17, 15) is 14.7 Å². The van der Waals surface area contributed by atoms with Gasteiger partial charge in [-0.05, 0) is 63.1 Å². The van der Waals surface area contributed by atoms with Crippen molar-refractivity contribution in [3.05, 3.63) is 27.8 Å². The summed E-state index contributed by atoms with van der Waals surface area (Å²) in [6.07, 6.45) is 16.9. The van der Waals surface area contributed by atoms with Crippen LogP contribution in [0, 0.1) is 20.8 Å². The van der Waals surface area contributed by atoms with E-state index in [4.69, 9.17) is 0 Å². The van der Waals surface area contributed by atoms with E-state index in [1.165, 1.54) is 80.9 Å². The molecule has 0 heterocycles. The molecule has 3 N–H and O–H groups in total. The largest absolute Gasteiger partial charge is 0.441 e. The molecule has 29 heavy (non-hydrogen) atoms. The summed E-state index contributed by atoms with van der Waals surface area (Å²) in [4.78, 5) is 30.5. The highest BCUT2D eigenvalue weighted by molar-refractivity contribution is 7.67. The normalized spacial score (nSPS) is 12.0. The van der Waals surface area contributed by atoms with Crippen LogP contribution in [0.4, 0.5) is 0 Å². The first-order valence-electron chi connectivity index (χ1n) is 11.9. The third kappa shape index (κ3) is 8.66. The summed E-state index contributed by atoms with van der Waals surface area (Å²) >= 11 is 0. The highest BCUT2D eigenvalue weighted by Gasteiger charge is 2.40. The van der Waals surface area contributed by atoms with Crippen LogP contribution in [-0.2, 0) is 12.8 Å². The van der Waals surface area contributed by atoms with Gasteiger partial charge >= 0.3 is 7.94 Å². The van der Waals surface area contributed by atoms with Gasteiger partial charge in [0.15, 0.2) is 5.30 Å². The molecule has 0 aliphatic heterocycles. The average Bonchev–Trinajstić information content (AvgIpc) is 2.64. The highest BCUT2D eigenvalue weighted by atomic mass is 31.2. The molecule has 0 saturated carbocycles. The lowest BCUT2D eigenvalue weighted by atomic mass is 9.88. The zero-order valence-corrected chi connectivity index (χ0v) is 20.6. The zero-order chi connectivity index (χ0) is 21.9. The van der Waals surface area contributed by atoms with E-state index in [-0.39, 0.29) is 0 Å². The Kier molecular flexibility index (Phi) is 12.6. The summed E-state index contributed by atoms with van der Waals surface area (Å²) in [6.45, 7) is 10.6. The summed E-state index contributed by atoms with van der Waals surface area (Å²) in [7, 11) is -4.02. The number of rotatable bonds is 15. The maximum absolute atomic E-state index is 10.2. The molecular formula is C25H46O3P+. The molecule has 0 unspecified atom stereocenters. The molecular weight excluding hydrogens is 379 g/mol. The number of hydrogen-bond donors (Lipinski definition) is 3. The summed E-state index contributed by atoms with van der Waals surface area (Å²) < 4.78 is 0. The lowest BCUT2D eigenvalue weighted by molar-refractivity contribution is 0.346. The molecule has 0 aliphatic carbocycles. The minimum Gasteiger partial charge on any atom is -0.189 e. The van der Waals surface area contributed by atoms with Crippen LogP contribution in [0.15, 0.2) is 0 Å². The Balaban J connectivity index is 2.95. The van der Waals surface area contributed by atoms with Crippen molar-refractivity contribution in [3.8, 4) is 0 Å². The summed E-state index contributed by atoms with van der Waals surface area (Å²) in [5, 5.41) is 0.407. The van der Waals surface area contributed by atoms with Gasteiger partial charge in [-0.1, -0.05) is 78.1 Å². The van der Waals surface area contributed by atoms with E-state index < -0.39 is 7.94 Å². The van der Waals surface area contributed by atoms with Gasteiger partial charge in [0.2, 0.25) is 0 Å². The van der Waals surface area contributed by atoms with Gasteiger partial charge in [0.05, 0.1) is 0 Å². The lowest BCUT2D eigenvalue weighted by Gasteiger charge is -2.21. The van der Waals surface area contributed by atoms with Gasteiger partial charge in [-0.3, -0.25) is 0 Å². The van der Waals surface area contributed by atoms with Crippen molar-refractivity contribution in [2.24, 2.45) is 0 Å². The quantitative estimate of drug-likeness (QED) is 0.214. The van der Waals surface area contributed by atoms with Gasteiger partial charge in [-0.15, -0.1) is 0 Å². The number of unbranched alkanes of at least 4 members (excludes halogenated alkanes) is 10. The Morgan fingerprint density at radius 3 is 1.21 bits per heavy atom. The maximum atomic E-state index is 10.2. The van der Waals surface area contributed by atoms with Gasteiger partial charge in [-0.2, -0.15) is 14.7 Å². The monoisotopic (exact) mass is 425 g/mol. The standard InChI is InChI=1S/C25H46O3P/c1-6-8-10-12-14-16-18-23-20(3)24(19-17-15-13-11-9-7-2)22(5)25(21(23)4)29(26,27)28/h26-28H,6-19H2,1-5H3/q+1. The van der Waals surface area contributed by atoms with Crippen molar-refractivity contribution in [2.45, 2.75) is 125 Å². The smallest absolute Gasteiger partial charge is 0.189 e. The summed E-state index contributed by atoms with van der Waals surface area (Å²) in [5.74, 6) is 0. The fraction of sp³-hybridized carbons (Fsp3) is 0.760. The van der Waals surface area contributed by atoms with Crippen LogP contribution in [0.3, 0.4) is 0 Å². The van der Waals surface area contributed by atoms with E-state index in [2.05, 4.69) is 20.8 Å². The molecule has 0 aromatic heterocycles. The Morgan fingerprint density at radius 2 is 0.862 bits per heavy atom. The molecule has 0 bridgehead atoms. The molecule has 168 valence electrons. The van der Waals surface area contributed by atoms with Crippen molar-refractivity contribution in [1.82, 2.24) is 0 Å². The van der Waals surface area contributed by atoms with Crippen LogP contribution < -0.4 is 5.30 Å². The van der Waals surface area contributed by atoms with Gasteiger partial charge < -0.3 is 0 Å². The van der Waals surface area contributed by atoms with Crippen molar-refractivity contribution >= 4 is 13.2 Å². The third-order valence-electron chi connectivity index (χ3n) is 6.38. The molecule has 1 aromatic rings. The highest BCUT2D eigenvalue weighted by Crippen LogP contribution is 2.47. The summed E-state index contributed by atoms with van der Waals surface area (Å²) in [6, 6.07) is 0. The average molecular weight is 426 g/mol. The minimum absolute atomic E-state index is 0.407. The Bertz CT molecular complexity index is 562. The predicted octanol–water partition coefficient (Wildman–Crippen LogP) is 6.78. The van der Waals surface area contributed by atoms with Crippen molar-refractivity contribution in [2.75, 3.05) is 0 Å². The van der Waals surface area contributed by atoms with Crippen molar-refractivity contribution < 1.29 is 14.7 Å². The molecule has 1 aromatic carbocycles. The van der Waals surface area contributed by atoms with E-state index in [0.717, 1.165) is 36.8 Å². The van der Waals surface area contributed by atoms with Gasteiger partial charge in [0.1, 0.15) is 0 Å². The number of benzene rings is 1. The Labute approximate surface area is 180 Å². The van der Waals surface area contributed by atoms with Crippen LogP contribution in [0.25, 0.3) is 0 Å². The van der Waals surface area contributed by atoms with E-state index >= 15 is 0 Å². The molecule has 0 aliphatic rings. The molecule has 0 amide bonds. The molecule has 0 fully saturated rings.